The molecule has 2 heterocycles. The van der Waals surface area contributed by atoms with E-state index in [0.717, 1.165) is 41.4 Å². The molecular formula is C17H19NO3S. The molecule has 0 unspecified atom stereocenters. The van der Waals surface area contributed by atoms with Crippen LogP contribution in [0, 0.1) is 0 Å². The van der Waals surface area contributed by atoms with Crippen molar-refractivity contribution in [3.63, 3.8) is 0 Å². The first-order chi connectivity index (χ1) is 10.7. The SMILES string of the molecule is COc1cc(OC)cc([C@@H]2CCN(C(=O)c3cccs3)C2)c1. The highest BCUT2D eigenvalue weighted by Gasteiger charge is 2.28. The number of thiophene rings is 1. The first kappa shape index (κ1) is 14.9. The lowest BCUT2D eigenvalue weighted by Crippen LogP contribution is -2.27. The van der Waals surface area contributed by atoms with Crippen LogP contribution in [-0.2, 0) is 0 Å². The summed E-state index contributed by atoms with van der Waals surface area (Å²) in [5.41, 5.74) is 1.16. The fourth-order valence-corrected chi connectivity index (χ4v) is 3.53. The molecule has 1 amide bonds. The number of hydrogen-bond acceptors (Lipinski definition) is 4. The van der Waals surface area contributed by atoms with E-state index in [9.17, 15) is 4.79 Å². The van der Waals surface area contributed by atoms with Crippen molar-refractivity contribution in [1.82, 2.24) is 4.90 Å². The highest BCUT2D eigenvalue weighted by Crippen LogP contribution is 2.33. The van der Waals surface area contributed by atoms with E-state index in [0.29, 0.717) is 5.92 Å². The molecular weight excluding hydrogens is 298 g/mol. The van der Waals surface area contributed by atoms with Gasteiger partial charge >= 0.3 is 0 Å². The highest BCUT2D eigenvalue weighted by atomic mass is 32.1. The molecule has 0 N–H and O–H groups in total. The summed E-state index contributed by atoms with van der Waals surface area (Å²) in [5.74, 6) is 2.04. The summed E-state index contributed by atoms with van der Waals surface area (Å²) in [6, 6.07) is 9.74. The van der Waals surface area contributed by atoms with Crippen molar-refractivity contribution in [3.8, 4) is 11.5 Å². The smallest absolute Gasteiger partial charge is 0.263 e. The lowest BCUT2D eigenvalue weighted by Gasteiger charge is -2.16. The van der Waals surface area contributed by atoms with Crippen molar-refractivity contribution < 1.29 is 14.3 Å². The van der Waals surface area contributed by atoms with Crippen LogP contribution in [0.2, 0.25) is 0 Å². The average molecular weight is 317 g/mol. The predicted molar refractivity (Wildman–Crippen MR) is 87.1 cm³/mol. The number of ether oxygens (including phenoxy) is 2. The van der Waals surface area contributed by atoms with Gasteiger partial charge in [-0.1, -0.05) is 6.07 Å². The third kappa shape index (κ3) is 2.95. The predicted octanol–water partition coefficient (Wildman–Crippen LogP) is 3.40. The Hall–Kier alpha value is -2.01. The van der Waals surface area contributed by atoms with Crippen LogP contribution < -0.4 is 9.47 Å². The van der Waals surface area contributed by atoms with E-state index >= 15 is 0 Å². The Bertz CT molecular complexity index is 632. The number of nitrogens with zero attached hydrogens (tertiary/aromatic N) is 1. The minimum Gasteiger partial charge on any atom is -0.497 e. The summed E-state index contributed by atoms with van der Waals surface area (Å²) < 4.78 is 10.7. The molecule has 4 nitrogen and oxygen atoms in total. The second kappa shape index (κ2) is 6.40. The number of carbonyl (C=O) groups excluding carboxylic acids is 1. The summed E-state index contributed by atoms with van der Waals surface area (Å²) >= 11 is 1.50. The normalized spacial score (nSPS) is 17.5. The van der Waals surface area contributed by atoms with Crippen molar-refractivity contribution in [2.24, 2.45) is 0 Å². The van der Waals surface area contributed by atoms with Gasteiger partial charge in [-0.3, -0.25) is 4.79 Å². The lowest BCUT2D eigenvalue weighted by atomic mass is 9.98. The van der Waals surface area contributed by atoms with Crippen molar-refractivity contribution in [2.75, 3.05) is 27.3 Å². The summed E-state index contributed by atoms with van der Waals surface area (Å²) in [5, 5.41) is 1.94. The molecule has 1 aromatic carbocycles. The van der Waals surface area contributed by atoms with E-state index in [1.165, 1.54) is 11.3 Å². The molecule has 22 heavy (non-hydrogen) atoms. The van der Waals surface area contributed by atoms with Crippen LogP contribution >= 0.6 is 11.3 Å². The van der Waals surface area contributed by atoms with Crippen LogP contribution in [0.25, 0.3) is 0 Å². The zero-order chi connectivity index (χ0) is 15.5. The van der Waals surface area contributed by atoms with Gasteiger partial charge in [0.25, 0.3) is 5.91 Å². The molecule has 3 rings (SSSR count). The topological polar surface area (TPSA) is 38.8 Å². The Balaban J connectivity index is 1.76. The first-order valence-corrected chi connectivity index (χ1v) is 8.15. The summed E-state index contributed by atoms with van der Waals surface area (Å²) in [6.07, 6.45) is 0.966. The van der Waals surface area contributed by atoms with Crippen LogP contribution in [0.5, 0.6) is 11.5 Å². The largest absolute Gasteiger partial charge is 0.497 e. The van der Waals surface area contributed by atoms with Crippen LogP contribution in [0.3, 0.4) is 0 Å². The van der Waals surface area contributed by atoms with Crippen LogP contribution in [0.15, 0.2) is 35.7 Å². The van der Waals surface area contributed by atoms with E-state index in [1.807, 2.05) is 40.6 Å². The number of hydrogen-bond donors (Lipinski definition) is 0. The van der Waals surface area contributed by atoms with Crippen LogP contribution in [-0.4, -0.2) is 38.1 Å². The standard InChI is InChI=1S/C17H19NO3S/c1-20-14-8-13(9-15(10-14)21-2)12-5-6-18(11-12)17(19)16-4-3-7-22-16/h3-4,7-10,12H,5-6,11H2,1-2H3/t12-/m1/s1. The molecule has 1 atom stereocenters. The lowest BCUT2D eigenvalue weighted by molar-refractivity contribution is 0.0795. The van der Waals surface area contributed by atoms with Gasteiger partial charge in [-0.05, 0) is 35.6 Å². The quantitative estimate of drug-likeness (QED) is 0.867. The van der Waals surface area contributed by atoms with Gasteiger partial charge in [0.05, 0.1) is 19.1 Å². The van der Waals surface area contributed by atoms with Crippen molar-refractivity contribution in [1.29, 1.82) is 0 Å². The van der Waals surface area contributed by atoms with Crippen molar-refractivity contribution in [2.45, 2.75) is 12.3 Å². The van der Waals surface area contributed by atoms with E-state index in [1.54, 1.807) is 14.2 Å². The molecule has 1 aliphatic heterocycles. The minimum absolute atomic E-state index is 0.132. The maximum atomic E-state index is 12.4. The number of methoxy groups -OCH3 is 2. The summed E-state index contributed by atoms with van der Waals surface area (Å²) in [7, 11) is 3.31. The number of likely N-dealkylation sites (tertiary alicyclic amines) is 1. The fourth-order valence-electron chi connectivity index (χ4n) is 2.84. The van der Waals surface area contributed by atoms with Gasteiger partial charge in [-0.15, -0.1) is 11.3 Å². The Kier molecular flexibility index (Phi) is 4.34. The zero-order valence-corrected chi connectivity index (χ0v) is 13.6. The monoisotopic (exact) mass is 317 g/mol. The first-order valence-electron chi connectivity index (χ1n) is 7.27. The van der Waals surface area contributed by atoms with Gasteiger partial charge in [0, 0.05) is 25.1 Å². The number of rotatable bonds is 4. The molecule has 5 heteroatoms. The van der Waals surface area contributed by atoms with Gasteiger partial charge in [0.2, 0.25) is 0 Å². The van der Waals surface area contributed by atoms with Gasteiger partial charge in [-0.2, -0.15) is 0 Å². The summed E-state index contributed by atoms with van der Waals surface area (Å²) in [6.45, 7) is 1.54. The Labute approximate surface area is 134 Å². The van der Waals surface area contributed by atoms with Gasteiger partial charge < -0.3 is 14.4 Å². The molecule has 1 aliphatic rings. The fraction of sp³-hybridized carbons (Fsp3) is 0.353. The van der Waals surface area contributed by atoms with E-state index in [-0.39, 0.29) is 5.91 Å². The molecule has 0 radical (unpaired) electrons. The average Bonchev–Trinajstić information content (AvgIpc) is 3.25. The van der Waals surface area contributed by atoms with E-state index in [2.05, 4.69) is 0 Å². The number of benzene rings is 1. The molecule has 1 saturated heterocycles. The molecule has 1 aromatic heterocycles. The third-order valence-corrected chi connectivity index (χ3v) is 4.91. The molecule has 2 aromatic rings. The van der Waals surface area contributed by atoms with Gasteiger partial charge in [0.1, 0.15) is 11.5 Å². The Morgan fingerprint density at radius 1 is 1.23 bits per heavy atom. The highest BCUT2D eigenvalue weighted by molar-refractivity contribution is 7.12. The maximum Gasteiger partial charge on any atom is 0.263 e. The van der Waals surface area contributed by atoms with Crippen LogP contribution in [0.4, 0.5) is 0 Å². The molecule has 0 saturated carbocycles. The van der Waals surface area contributed by atoms with Crippen molar-refractivity contribution >= 4 is 17.2 Å². The number of amides is 1. The second-order valence-corrected chi connectivity index (χ2v) is 6.31. The van der Waals surface area contributed by atoms with Crippen molar-refractivity contribution in [3.05, 3.63) is 46.2 Å². The second-order valence-electron chi connectivity index (χ2n) is 5.36. The van der Waals surface area contributed by atoms with E-state index in [4.69, 9.17) is 9.47 Å². The van der Waals surface area contributed by atoms with Gasteiger partial charge in [0.15, 0.2) is 0 Å². The maximum absolute atomic E-state index is 12.4. The zero-order valence-electron chi connectivity index (χ0n) is 12.7. The minimum atomic E-state index is 0.132. The summed E-state index contributed by atoms with van der Waals surface area (Å²) in [4.78, 5) is 15.2. The van der Waals surface area contributed by atoms with E-state index < -0.39 is 0 Å². The Morgan fingerprint density at radius 2 is 1.95 bits per heavy atom. The molecule has 0 spiro atoms. The molecule has 1 fully saturated rings. The molecule has 0 bridgehead atoms. The Morgan fingerprint density at radius 3 is 2.55 bits per heavy atom. The third-order valence-electron chi connectivity index (χ3n) is 4.05. The number of carbonyl (C=O) groups is 1. The molecule has 0 aliphatic carbocycles. The van der Waals surface area contributed by atoms with Gasteiger partial charge in [-0.25, -0.2) is 0 Å². The molecule has 116 valence electrons. The van der Waals surface area contributed by atoms with Crippen LogP contribution in [0.1, 0.15) is 27.6 Å².